The highest BCUT2D eigenvalue weighted by molar-refractivity contribution is 7.89. The molecule has 2 fully saturated rings. The second-order valence-corrected chi connectivity index (χ2v) is 7.74. The first-order valence-electron chi connectivity index (χ1n) is 7.32. The first kappa shape index (κ1) is 13.2. The van der Waals surface area contributed by atoms with Crippen molar-refractivity contribution >= 4 is 21.1 Å². The molecule has 2 aliphatic rings. The Bertz CT molecular complexity index is 756. The maximum absolute atomic E-state index is 12.9. The molecule has 2 aromatic rings. The van der Waals surface area contributed by atoms with Crippen LogP contribution in [-0.4, -0.2) is 48.4 Å². The highest BCUT2D eigenvalue weighted by Crippen LogP contribution is 2.31. The molecule has 0 spiro atoms. The number of aromatic amines is 1. The standard InChI is InChI=1S/C14H18N4O2S/c19-21(20,13-7-17-14-11(13)4-2-6-16-14)18-8-10-3-1-5-15-12(10)9-18/h2,4,6-7,10,12,15H,1,3,5,8-9H2,(H,16,17)/t10-,12+/m0/s1. The number of rotatable bonds is 2. The van der Waals surface area contributed by atoms with Gasteiger partial charge >= 0.3 is 0 Å². The van der Waals surface area contributed by atoms with Crippen LogP contribution in [0.3, 0.4) is 0 Å². The van der Waals surface area contributed by atoms with Gasteiger partial charge in [0.1, 0.15) is 10.5 Å². The van der Waals surface area contributed by atoms with Gasteiger partial charge in [-0.15, -0.1) is 0 Å². The molecule has 0 unspecified atom stereocenters. The van der Waals surface area contributed by atoms with Gasteiger partial charge in [0.15, 0.2) is 0 Å². The van der Waals surface area contributed by atoms with E-state index in [0.29, 0.717) is 41.0 Å². The van der Waals surface area contributed by atoms with E-state index in [1.807, 2.05) is 0 Å². The highest BCUT2D eigenvalue weighted by Gasteiger charge is 2.40. The van der Waals surface area contributed by atoms with Gasteiger partial charge in [0.25, 0.3) is 0 Å². The minimum Gasteiger partial charge on any atom is -0.345 e. The van der Waals surface area contributed by atoms with E-state index in [-0.39, 0.29) is 0 Å². The molecule has 4 heterocycles. The van der Waals surface area contributed by atoms with Crippen LogP contribution in [0.5, 0.6) is 0 Å². The van der Waals surface area contributed by atoms with Gasteiger partial charge in [-0.3, -0.25) is 0 Å². The number of aromatic nitrogens is 2. The molecule has 0 aromatic carbocycles. The van der Waals surface area contributed by atoms with Gasteiger partial charge in [0.05, 0.1) is 0 Å². The van der Waals surface area contributed by atoms with Crippen molar-refractivity contribution in [3.8, 4) is 0 Å². The third-order valence-electron chi connectivity index (χ3n) is 4.60. The number of fused-ring (bicyclic) bond motifs is 2. The molecule has 2 saturated heterocycles. The summed E-state index contributed by atoms with van der Waals surface area (Å²) in [6.45, 7) is 2.18. The van der Waals surface area contributed by atoms with E-state index in [2.05, 4.69) is 15.3 Å². The first-order chi connectivity index (χ1) is 10.2. The fourth-order valence-electron chi connectivity index (χ4n) is 3.49. The number of nitrogens with one attached hydrogen (secondary N) is 2. The summed E-state index contributed by atoms with van der Waals surface area (Å²) >= 11 is 0. The number of pyridine rings is 1. The normalized spacial score (nSPS) is 27.0. The van der Waals surface area contributed by atoms with Crippen molar-refractivity contribution in [2.24, 2.45) is 5.92 Å². The van der Waals surface area contributed by atoms with Crippen molar-refractivity contribution in [2.75, 3.05) is 19.6 Å². The van der Waals surface area contributed by atoms with E-state index in [9.17, 15) is 8.42 Å². The molecule has 0 amide bonds. The Morgan fingerprint density at radius 2 is 2.24 bits per heavy atom. The molecule has 0 aliphatic carbocycles. The largest absolute Gasteiger partial charge is 0.345 e. The smallest absolute Gasteiger partial charge is 0.245 e. The Balaban J connectivity index is 1.70. The van der Waals surface area contributed by atoms with Crippen LogP contribution in [0, 0.1) is 5.92 Å². The van der Waals surface area contributed by atoms with Gasteiger partial charge in [-0.25, -0.2) is 13.4 Å². The Labute approximate surface area is 123 Å². The number of nitrogens with zero attached hydrogens (tertiary/aromatic N) is 2. The molecule has 2 N–H and O–H groups in total. The Kier molecular flexibility index (Phi) is 3.02. The topological polar surface area (TPSA) is 78.1 Å². The van der Waals surface area contributed by atoms with Crippen molar-refractivity contribution in [1.29, 1.82) is 0 Å². The number of H-pyrrole nitrogens is 1. The first-order valence-corrected chi connectivity index (χ1v) is 8.76. The molecule has 0 saturated carbocycles. The summed E-state index contributed by atoms with van der Waals surface area (Å²) < 4.78 is 27.4. The predicted molar refractivity (Wildman–Crippen MR) is 79.4 cm³/mol. The lowest BCUT2D eigenvalue weighted by atomic mass is 9.94. The molecule has 6 nitrogen and oxygen atoms in total. The van der Waals surface area contributed by atoms with Crippen LogP contribution < -0.4 is 5.32 Å². The monoisotopic (exact) mass is 306 g/mol. The number of sulfonamides is 1. The minimum atomic E-state index is -3.46. The zero-order valence-electron chi connectivity index (χ0n) is 11.6. The van der Waals surface area contributed by atoms with Crippen LogP contribution in [0.4, 0.5) is 0 Å². The van der Waals surface area contributed by atoms with E-state index in [1.165, 1.54) is 0 Å². The molecular weight excluding hydrogens is 288 g/mol. The summed E-state index contributed by atoms with van der Waals surface area (Å²) in [7, 11) is -3.46. The fraction of sp³-hybridized carbons (Fsp3) is 0.500. The van der Waals surface area contributed by atoms with Crippen LogP contribution in [0.2, 0.25) is 0 Å². The summed E-state index contributed by atoms with van der Waals surface area (Å²) in [4.78, 5) is 7.45. The molecule has 2 atom stereocenters. The van der Waals surface area contributed by atoms with Gasteiger partial charge in [-0.05, 0) is 37.4 Å². The number of piperidine rings is 1. The Morgan fingerprint density at radius 1 is 1.33 bits per heavy atom. The van der Waals surface area contributed by atoms with Crippen molar-refractivity contribution in [1.82, 2.24) is 19.6 Å². The van der Waals surface area contributed by atoms with Gasteiger partial charge in [0, 0.05) is 36.9 Å². The second-order valence-electron chi connectivity index (χ2n) is 5.84. The van der Waals surface area contributed by atoms with Gasteiger partial charge in [-0.2, -0.15) is 4.31 Å². The van der Waals surface area contributed by atoms with Crippen molar-refractivity contribution in [3.05, 3.63) is 24.5 Å². The molecule has 2 aliphatic heterocycles. The van der Waals surface area contributed by atoms with Crippen molar-refractivity contribution < 1.29 is 8.42 Å². The van der Waals surface area contributed by atoms with Gasteiger partial charge < -0.3 is 10.3 Å². The molecule has 2 aromatic heterocycles. The maximum Gasteiger partial charge on any atom is 0.245 e. The average Bonchev–Trinajstić information content (AvgIpc) is 3.11. The molecule has 112 valence electrons. The summed E-state index contributed by atoms with van der Waals surface area (Å²) in [5.74, 6) is 0.442. The summed E-state index contributed by atoms with van der Waals surface area (Å²) in [6.07, 6.45) is 5.46. The van der Waals surface area contributed by atoms with Gasteiger partial charge in [0.2, 0.25) is 10.0 Å². The molecule has 0 radical (unpaired) electrons. The molecular formula is C14H18N4O2S. The van der Waals surface area contributed by atoms with Crippen LogP contribution in [-0.2, 0) is 10.0 Å². The van der Waals surface area contributed by atoms with Crippen molar-refractivity contribution in [2.45, 2.75) is 23.8 Å². The summed E-state index contributed by atoms with van der Waals surface area (Å²) in [5, 5.41) is 4.11. The second kappa shape index (κ2) is 4.79. The summed E-state index contributed by atoms with van der Waals surface area (Å²) in [6, 6.07) is 3.87. The maximum atomic E-state index is 12.9. The van der Waals surface area contributed by atoms with E-state index >= 15 is 0 Å². The van der Waals surface area contributed by atoms with E-state index < -0.39 is 10.0 Å². The number of hydrogen-bond acceptors (Lipinski definition) is 4. The van der Waals surface area contributed by atoms with Gasteiger partial charge in [-0.1, -0.05) is 0 Å². The van der Waals surface area contributed by atoms with Crippen LogP contribution in [0.1, 0.15) is 12.8 Å². The predicted octanol–water partition coefficient (Wildman–Crippen LogP) is 0.935. The third kappa shape index (κ3) is 2.07. The average molecular weight is 306 g/mol. The Hall–Kier alpha value is -1.44. The SMILES string of the molecule is O=S(=O)(c1c[nH]c2ncccc12)N1C[C@@H]2CCCN[C@@H]2C1. The highest BCUT2D eigenvalue weighted by atomic mass is 32.2. The zero-order valence-corrected chi connectivity index (χ0v) is 12.4. The fourth-order valence-corrected chi connectivity index (χ4v) is 5.16. The Morgan fingerprint density at radius 3 is 3.10 bits per heavy atom. The van der Waals surface area contributed by atoms with E-state index in [1.54, 1.807) is 28.8 Å². The minimum absolute atomic E-state index is 0.303. The van der Waals surface area contributed by atoms with E-state index in [4.69, 9.17) is 0 Å². The van der Waals surface area contributed by atoms with Crippen LogP contribution in [0.25, 0.3) is 11.0 Å². The van der Waals surface area contributed by atoms with Crippen molar-refractivity contribution in [3.63, 3.8) is 0 Å². The number of hydrogen-bond donors (Lipinski definition) is 2. The van der Waals surface area contributed by atoms with Crippen LogP contribution in [0.15, 0.2) is 29.4 Å². The lowest BCUT2D eigenvalue weighted by Crippen LogP contribution is -2.41. The molecule has 4 rings (SSSR count). The zero-order chi connectivity index (χ0) is 14.4. The summed E-state index contributed by atoms with van der Waals surface area (Å²) in [5.41, 5.74) is 0.616. The lowest BCUT2D eigenvalue weighted by molar-refractivity contribution is 0.339. The van der Waals surface area contributed by atoms with E-state index in [0.717, 1.165) is 19.4 Å². The lowest BCUT2D eigenvalue weighted by Gasteiger charge is -2.24. The third-order valence-corrected chi connectivity index (χ3v) is 6.47. The molecule has 0 bridgehead atoms. The quantitative estimate of drug-likeness (QED) is 0.865. The molecule has 7 heteroatoms. The van der Waals surface area contributed by atoms with Crippen LogP contribution >= 0.6 is 0 Å². The molecule has 21 heavy (non-hydrogen) atoms.